The van der Waals surface area contributed by atoms with Crippen LogP contribution in [0, 0.1) is 6.92 Å². The Kier molecular flexibility index (Phi) is 6.39. The third-order valence-corrected chi connectivity index (χ3v) is 3.43. The van der Waals surface area contributed by atoms with Gasteiger partial charge in [-0.05, 0) is 55.8 Å². The van der Waals surface area contributed by atoms with Crippen molar-refractivity contribution in [3.8, 4) is 11.5 Å². The molecule has 2 aromatic carbocycles. The number of anilines is 1. The van der Waals surface area contributed by atoms with Crippen LogP contribution < -0.4 is 14.8 Å². The number of hydrogen-bond acceptors (Lipinski definition) is 5. The lowest BCUT2D eigenvalue weighted by molar-refractivity contribution is -0.119. The van der Waals surface area contributed by atoms with Crippen molar-refractivity contribution in [2.75, 3.05) is 25.6 Å². The summed E-state index contributed by atoms with van der Waals surface area (Å²) in [7, 11) is 1.53. The van der Waals surface area contributed by atoms with Crippen molar-refractivity contribution in [2.45, 2.75) is 13.8 Å². The van der Waals surface area contributed by atoms with E-state index in [0.29, 0.717) is 23.6 Å². The molecule has 1 amide bonds. The lowest BCUT2D eigenvalue weighted by atomic mass is 10.1. The molecule has 6 nitrogen and oxygen atoms in total. The van der Waals surface area contributed by atoms with Crippen molar-refractivity contribution >= 4 is 17.6 Å². The van der Waals surface area contributed by atoms with Gasteiger partial charge in [-0.15, -0.1) is 0 Å². The Morgan fingerprint density at radius 3 is 2.44 bits per heavy atom. The van der Waals surface area contributed by atoms with E-state index in [4.69, 9.17) is 14.2 Å². The second-order valence-electron chi connectivity index (χ2n) is 5.27. The molecular formula is C19H21NO5. The van der Waals surface area contributed by atoms with Crippen LogP contribution in [0.1, 0.15) is 22.8 Å². The van der Waals surface area contributed by atoms with Gasteiger partial charge < -0.3 is 19.5 Å². The smallest absolute Gasteiger partial charge is 0.338 e. The molecule has 25 heavy (non-hydrogen) atoms. The molecule has 0 atom stereocenters. The summed E-state index contributed by atoms with van der Waals surface area (Å²) in [6, 6.07) is 11.9. The van der Waals surface area contributed by atoms with Crippen LogP contribution in [0.5, 0.6) is 11.5 Å². The number of carbonyl (C=O) groups excluding carboxylic acids is 2. The molecule has 0 aliphatic carbocycles. The molecule has 0 saturated carbocycles. The van der Waals surface area contributed by atoms with Crippen molar-refractivity contribution in [1.82, 2.24) is 0 Å². The Hall–Kier alpha value is -3.02. The van der Waals surface area contributed by atoms with Gasteiger partial charge in [0, 0.05) is 5.69 Å². The molecule has 0 spiro atoms. The van der Waals surface area contributed by atoms with Gasteiger partial charge in [0.15, 0.2) is 6.61 Å². The molecule has 0 saturated heterocycles. The minimum Gasteiger partial charge on any atom is -0.496 e. The second-order valence-corrected chi connectivity index (χ2v) is 5.27. The number of aryl methyl sites for hydroxylation is 1. The van der Waals surface area contributed by atoms with E-state index in [2.05, 4.69) is 5.32 Å². The van der Waals surface area contributed by atoms with E-state index in [-0.39, 0.29) is 6.61 Å². The van der Waals surface area contributed by atoms with Crippen molar-refractivity contribution in [2.24, 2.45) is 0 Å². The number of ether oxygens (including phenoxy) is 3. The zero-order valence-corrected chi connectivity index (χ0v) is 14.5. The van der Waals surface area contributed by atoms with E-state index in [1.165, 1.54) is 7.11 Å². The fourth-order valence-corrected chi connectivity index (χ4v) is 2.16. The van der Waals surface area contributed by atoms with Gasteiger partial charge in [0.1, 0.15) is 11.5 Å². The van der Waals surface area contributed by atoms with Crippen LogP contribution in [-0.4, -0.2) is 32.2 Å². The summed E-state index contributed by atoms with van der Waals surface area (Å²) in [4.78, 5) is 23.9. The summed E-state index contributed by atoms with van der Waals surface area (Å²) in [5.41, 5.74) is 1.84. The first-order chi connectivity index (χ1) is 12.0. The van der Waals surface area contributed by atoms with E-state index in [0.717, 1.165) is 11.3 Å². The van der Waals surface area contributed by atoms with Gasteiger partial charge in [-0.3, -0.25) is 4.79 Å². The minimum absolute atomic E-state index is 0.330. The van der Waals surface area contributed by atoms with Crippen molar-refractivity contribution < 1.29 is 23.8 Å². The number of benzene rings is 2. The van der Waals surface area contributed by atoms with E-state index >= 15 is 0 Å². The highest BCUT2D eigenvalue weighted by molar-refractivity contribution is 5.95. The maximum Gasteiger partial charge on any atom is 0.338 e. The highest BCUT2D eigenvalue weighted by Crippen LogP contribution is 2.19. The topological polar surface area (TPSA) is 73.9 Å². The van der Waals surface area contributed by atoms with Crippen LogP contribution in [0.25, 0.3) is 0 Å². The van der Waals surface area contributed by atoms with Crippen molar-refractivity contribution in [1.29, 1.82) is 0 Å². The molecule has 2 rings (SSSR count). The van der Waals surface area contributed by atoms with Crippen LogP contribution in [0.2, 0.25) is 0 Å². The average molecular weight is 343 g/mol. The van der Waals surface area contributed by atoms with Crippen molar-refractivity contribution in [3.63, 3.8) is 0 Å². The van der Waals surface area contributed by atoms with Gasteiger partial charge in [0.25, 0.3) is 5.91 Å². The quantitative estimate of drug-likeness (QED) is 0.782. The molecule has 132 valence electrons. The van der Waals surface area contributed by atoms with Crippen molar-refractivity contribution in [3.05, 3.63) is 53.6 Å². The molecule has 2 aromatic rings. The van der Waals surface area contributed by atoms with Crippen LogP contribution in [-0.2, 0) is 9.53 Å². The van der Waals surface area contributed by atoms with Gasteiger partial charge >= 0.3 is 5.97 Å². The predicted molar refractivity (Wildman–Crippen MR) is 94.3 cm³/mol. The minimum atomic E-state index is -0.583. The number of amides is 1. The number of hydrogen-bond donors (Lipinski definition) is 1. The molecule has 0 bridgehead atoms. The molecule has 1 N–H and O–H groups in total. The number of nitrogens with one attached hydrogen (secondary N) is 1. The number of rotatable bonds is 7. The standard InChI is InChI=1S/C19H21NO5/c1-4-24-16-9-7-15(8-10-16)20-18(21)12-25-19(22)14-6-5-13(2)17(11-14)23-3/h5-11H,4,12H2,1-3H3,(H,20,21). The summed E-state index contributed by atoms with van der Waals surface area (Å²) < 4.78 is 15.5. The molecule has 0 aliphatic rings. The molecule has 0 aromatic heterocycles. The molecule has 0 heterocycles. The Labute approximate surface area is 146 Å². The van der Waals surface area contributed by atoms with E-state index in [1.807, 2.05) is 13.8 Å². The molecular weight excluding hydrogens is 322 g/mol. The van der Waals surface area contributed by atoms with Crippen LogP contribution in [0.4, 0.5) is 5.69 Å². The zero-order valence-electron chi connectivity index (χ0n) is 14.5. The van der Waals surface area contributed by atoms with E-state index < -0.39 is 11.9 Å². The molecule has 0 fully saturated rings. The Morgan fingerprint density at radius 2 is 1.80 bits per heavy atom. The van der Waals surface area contributed by atoms with Gasteiger partial charge in [-0.1, -0.05) is 6.07 Å². The number of esters is 1. The maximum atomic E-state index is 12.0. The average Bonchev–Trinajstić information content (AvgIpc) is 2.62. The summed E-state index contributed by atoms with van der Waals surface area (Å²) in [6.45, 7) is 3.97. The first-order valence-electron chi connectivity index (χ1n) is 7.88. The summed E-state index contributed by atoms with van der Waals surface area (Å²) in [6.07, 6.45) is 0. The van der Waals surface area contributed by atoms with Gasteiger partial charge in [0.05, 0.1) is 19.3 Å². The SMILES string of the molecule is CCOc1ccc(NC(=O)COC(=O)c2ccc(C)c(OC)c2)cc1. The third-order valence-electron chi connectivity index (χ3n) is 3.43. The van der Waals surface area contributed by atoms with Crippen LogP contribution in [0.3, 0.4) is 0 Å². The molecule has 0 unspecified atom stereocenters. The summed E-state index contributed by atoms with van der Waals surface area (Å²) in [5.74, 6) is 0.310. The van der Waals surface area contributed by atoms with Gasteiger partial charge in [-0.2, -0.15) is 0 Å². The fraction of sp³-hybridized carbons (Fsp3) is 0.263. The largest absolute Gasteiger partial charge is 0.496 e. The van der Waals surface area contributed by atoms with Gasteiger partial charge in [-0.25, -0.2) is 4.79 Å². The normalized spacial score (nSPS) is 10.0. The highest BCUT2D eigenvalue weighted by Gasteiger charge is 2.12. The lowest BCUT2D eigenvalue weighted by Gasteiger charge is -2.09. The first-order valence-corrected chi connectivity index (χ1v) is 7.88. The molecule has 6 heteroatoms. The number of methoxy groups -OCH3 is 1. The van der Waals surface area contributed by atoms with Gasteiger partial charge in [0.2, 0.25) is 0 Å². The maximum absolute atomic E-state index is 12.0. The third kappa shape index (κ3) is 5.24. The first kappa shape index (κ1) is 18.3. The molecule has 0 aliphatic heterocycles. The lowest BCUT2D eigenvalue weighted by Crippen LogP contribution is -2.20. The monoisotopic (exact) mass is 343 g/mol. The number of carbonyl (C=O) groups is 2. The Bertz CT molecular complexity index is 740. The van der Waals surface area contributed by atoms with E-state index in [1.54, 1.807) is 42.5 Å². The van der Waals surface area contributed by atoms with E-state index in [9.17, 15) is 9.59 Å². The Balaban J connectivity index is 1.87. The predicted octanol–water partition coefficient (Wildman–Crippen LogP) is 3.20. The van der Waals surface area contributed by atoms with Crippen LogP contribution in [0.15, 0.2) is 42.5 Å². The fourth-order valence-electron chi connectivity index (χ4n) is 2.16. The molecule has 0 radical (unpaired) electrons. The summed E-state index contributed by atoms with van der Waals surface area (Å²) >= 11 is 0. The second kappa shape index (κ2) is 8.73. The highest BCUT2D eigenvalue weighted by atomic mass is 16.5. The summed E-state index contributed by atoms with van der Waals surface area (Å²) in [5, 5.41) is 2.65. The zero-order chi connectivity index (χ0) is 18.2. The Morgan fingerprint density at radius 1 is 1.08 bits per heavy atom. The van der Waals surface area contributed by atoms with Crippen LogP contribution >= 0.6 is 0 Å².